The lowest BCUT2D eigenvalue weighted by Crippen LogP contribution is -2.35. The van der Waals surface area contributed by atoms with Crippen molar-refractivity contribution in [2.75, 3.05) is 13.1 Å². The topological polar surface area (TPSA) is 79.5 Å². The van der Waals surface area contributed by atoms with E-state index in [0.29, 0.717) is 31.1 Å². The van der Waals surface area contributed by atoms with Gasteiger partial charge in [0.05, 0.1) is 12.5 Å². The van der Waals surface area contributed by atoms with Crippen LogP contribution in [-0.4, -0.2) is 39.2 Å². The van der Waals surface area contributed by atoms with Gasteiger partial charge in [0.1, 0.15) is 0 Å². The highest BCUT2D eigenvalue weighted by atomic mass is 35.5. The average Bonchev–Trinajstić information content (AvgIpc) is 3.04. The summed E-state index contributed by atoms with van der Waals surface area (Å²) in [5, 5.41) is 13.1. The van der Waals surface area contributed by atoms with Crippen LogP contribution in [0.3, 0.4) is 0 Å². The minimum Gasteiger partial charge on any atom is -0.481 e. The molecule has 3 rings (SSSR count). The SMILES string of the molecule is CCc1ccc(-c2noc(CN3CCC(C(=O)O)CC3)n2)cc1.Cl. The smallest absolute Gasteiger partial charge is 0.306 e. The minimum absolute atomic E-state index is 0. The molecule has 0 saturated carbocycles. The van der Waals surface area contributed by atoms with Gasteiger partial charge in [0, 0.05) is 5.56 Å². The normalized spacial score (nSPS) is 15.9. The molecule has 2 heterocycles. The van der Waals surface area contributed by atoms with Gasteiger partial charge in [-0.3, -0.25) is 9.69 Å². The first-order valence-corrected chi connectivity index (χ1v) is 8.02. The zero-order valence-electron chi connectivity index (χ0n) is 13.6. The predicted molar refractivity (Wildman–Crippen MR) is 92.0 cm³/mol. The number of carbonyl (C=O) groups is 1. The van der Waals surface area contributed by atoms with E-state index in [1.165, 1.54) is 5.56 Å². The van der Waals surface area contributed by atoms with Gasteiger partial charge in [0.25, 0.3) is 0 Å². The second-order valence-electron chi connectivity index (χ2n) is 5.95. The van der Waals surface area contributed by atoms with Gasteiger partial charge in [0.2, 0.25) is 11.7 Å². The number of aryl methyl sites for hydroxylation is 1. The van der Waals surface area contributed by atoms with Crippen LogP contribution in [0.5, 0.6) is 0 Å². The molecule has 0 atom stereocenters. The first-order valence-electron chi connectivity index (χ1n) is 8.02. The van der Waals surface area contributed by atoms with Gasteiger partial charge >= 0.3 is 5.97 Å². The summed E-state index contributed by atoms with van der Waals surface area (Å²) >= 11 is 0. The minimum atomic E-state index is -0.694. The number of aliphatic carboxylic acids is 1. The molecule has 7 heteroatoms. The molecule has 2 aromatic rings. The Balaban J connectivity index is 0.00000208. The summed E-state index contributed by atoms with van der Waals surface area (Å²) in [4.78, 5) is 17.6. The van der Waals surface area contributed by atoms with E-state index in [-0.39, 0.29) is 18.3 Å². The number of rotatable bonds is 5. The van der Waals surface area contributed by atoms with Gasteiger partial charge in [-0.1, -0.05) is 36.3 Å². The monoisotopic (exact) mass is 351 g/mol. The predicted octanol–water partition coefficient (Wildman–Crippen LogP) is 3.02. The third-order valence-corrected chi connectivity index (χ3v) is 4.38. The fraction of sp³-hybridized carbons (Fsp3) is 0.471. The molecule has 0 radical (unpaired) electrons. The van der Waals surface area contributed by atoms with Crippen LogP contribution in [0.4, 0.5) is 0 Å². The number of hydrogen-bond acceptors (Lipinski definition) is 5. The Morgan fingerprint density at radius 2 is 1.96 bits per heavy atom. The Bertz CT molecular complexity index is 664. The van der Waals surface area contributed by atoms with Gasteiger partial charge in [0.15, 0.2) is 0 Å². The lowest BCUT2D eigenvalue weighted by Gasteiger charge is -2.28. The van der Waals surface area contributed by atoms with E-state index in [2.05, 4.69) is 34.1 Å². The number of halogens is 1. The van der Waals surface area contributed by atoms with E-state index >= 15 is 0 Å². The molecule has 1 saturated heterocycles. The van der Waals surface area contributed by atoms with E-state index in [9.17, 15) is 4.79 Å². The summed E-state index contributed by atoms with van der Waals surface area (Å²) in [6.07, 6.45) is 2.35. The number of aromatic nitrogens is 2. The number of likely N-dealkylation sites (tertiary alicyclic amines) is 1. The maximum absolute atomic E-state index is 11.0. The third-order valence-electron chi connectivity index (χ3n) is 4.38. The van der Waals surface area contributed by atoms with Crippen molar-refractivity contribution < 1.29 is 14.4 Å². The third kappa shape index (κ3) is 4.33. The van der Waals surface area contributed by atoms with E-state index in [0.717, 1.165) is 25.1 Å². The summed E-state index contributed by atoms with van der Waals surface area (Å²) in [6, 6.07) is 8.15. The summed E-state index contributed by atoms with van der Waals surface area (Å²) < 4.78 is 5.33. The quantitative estimate of drug-likeness (QED) is 0.892. The Kier molecular flexibility index (Phi) is 6.34. The second kappa shape index (κ2) is 8.26. The summed E-state index contributed by atoms with van der Waals surface area (Å²) in [6.45, 7) is 4.20. The number of benzene rings is 1. The van der Waals surface area contributed by atoms with Crippen LogP contribution in [0.1, 0.15) is 31.2 Å². The van der Waals surface area contributed by atoms with Crippen molar-refractivity contribution in [1.82, 2.24) is 15.0 Å². The molecule has 24 heavy (non-hydrogen) atoms. The first kappa shape index (κ1) is 18.4. The molecule has 1 aromatic heterocycles. The fourth-order valence-electron chi connectivity index (χ4n) is 2.86. The average molecular weight is 352 g/mol. The number of carboxylic acids is 1. The van der Waals surface area contributed by atoms with E-state index in [4.69, 9.17) is 9.63 Å². The molecule has 1 aliphatic heterocycles. The fourth-order valence-corrected chi connectivity index (χ4v) is 2.86. The Labute approximate surface area is 147 Å². The second-order valence-corrected chi connectivity index (χ2v) is 5.95. The molecular weight excluding hydrogens is 330 g/mol. The Morgan fingerprint density at radius 1 is 1.29 bits per heavy atom. The molecule has 130 valence electrons. The zero-order chi connectivity index (χ0) is 16.2. The zero-order valence-corrected chi connectivity index (χ0v) is 14.5. The standard InChI is InChI=1S/C17H21N3O3.ClH/c1-2-12-3-5-13(6-4-12)16-18-15(23-19-16)11-20-9-7-14(8-10-20)17(21)22;/h3-6,14H,2,7-11H2,1H3,(H,21,22);1H. The van der Waals surface area contributed by atoms with Crippen LogP contribution in [0.2, 0.25) is 0 Å². The number of nitrogens with zero attached hydrogens (tertiary/aromatic N) is 3. The molecule has 0 bridgehead atoms. The van der Waals surface area contributed by atoms with E-state index in [1.54, 1.807) is 0 Å². The van der Waals surface area contributed by atoms with E-state index in [1.807, 2.05) is 12.1 Å². The summed E-state index contributed by atoms with van der Waals surface area (Å²) in [5.74, 6) is 0.262. The van der Waals surface area contributed by atoms with Crippen LogP contribution in [0, 0.1) is 5.92 Å². The molecule has 6 nitrogen and oxygen atoms in total. The van der Waals surface area contributed by atoms with Crippen molar-refractivity contribution in [2.45, 2.75) is 32.7 Å². The van der Waals surface area contributed by atoms with Crippen LogP contribution in [0.15, 0.2) is 28.8 Å². The highest BCUT2D eigenvalue weighted by Crippen LogP contribution is 2.20. The van der Waals surface area contributed by atoms with Crippen LogP contribution in [-0.2, 0) is 17.8 Å². The highest BCUT2D eigenvalue weighted by molar-refractivity contribution is 5.85. The van der Waals surface area contributed by atoms with Crippen LogP contribution in [0.25, 0.3) is 11.4 Å². The van der Waals surface area contributed by atoms with Crippen molar-refractivity contribution in [3.05, 3.63) is 35.7 Å². The number of carboxylic acid groups (broad SMARTS) is 1. The molecular formula is C17H22ClN3O3. The summed E-state index contributed by atoms with van der Waals surface area (Å²) in [7, 11) is 0. The lowest BCUT2D eigenvalue weighted by atomic mass is 9.97. The van der Waals surface area contributed by atoms with Crippen molar-refractivity contribution in [2.24, 2.45) is 5.92 Å². The van der Waals surface area contributed by atoms with Gasteiger partial charge in [-0.05, 0) is 37.9 Å². The van der Waals surface area contributed by atoms with Crippen molar-refractivity contribution in [3.8, 4) is 11.4 Å². The molecule has 1 aromatic carbocycles. The number of piperidine rings is 1. The van der Waals surface area contributed by atoms with Crippen molar-refractivity contribution in [1.29, 1.82) is 0 Å². The molecule has 1 aliphatic rings. The number of hydrogen-bond donors (Lipinski definition) is 1. The molecule has 0 aliphatic carbocycles. The van der Waals surface area contributed by atoms with Crippen LogP contribution < -0.4 is 0 Å². The summed E-state index contributed by atoms with van der Waals surface area (Å²) in [5.41, 5.74) is 2.22. The molecule has 1 fully saturated rings. The van der Waals surface area contributed by atoms with Crippen LogP contribution >= 0.6 is 12.4 Å². The largest absolute Gasteiger partial charge is 0.481 e. The lowest BCUT2D eigenvalue weighted by molar-refractivity contribution is -0.143. The molecule has 0 unspecified atom stereocenters. The van der Waals surface area contributed by atoms with Gasteiger partial charge < -0.3 is 9.63 Å². The molecule has 1 N–H and O–H groups in total. The first-order chi connectivity index (χ1) is 11.2. The van der Waals surface area contributed by atoms with Gasteiger partial charge in [-0.25, -0.2) is 0 Å². The van der Waals surface area contributed by atoms with Crippen molar-refractivity contribution in [3.63, 3.8) is 0 Å². The maximum atomic E-state index is 11.0. The van der Waals surface area contributed by atoms with Gasteiger partial charge in [-0.2, -0.15) is 4.98 Å². The van der Waals surface area contributed by atoms with E-state index < -0.39 is 5.97 Å². The highest BCUT2D eigenvalue weighted by Gasteiger charge is 2.25. The molecule has 0 spiro atoms. The molecule has 0 amide bonds. The Morgan fingerprint density at radius 3 is 2.54 bits per heavy atom. The van der Waals surface area contributed by atoms with Crippen molar-refractivity contribution >= 4 is 18.4 Å². The maximum Gasteiger partial charge on any atom is 0.306 e. The van der Waals surface area contributed by atoms with Gasteiger partial charge in [-0.15, -0.1) is 12.4 Å². The Hall–Kier alpha value is -1.92.